The second-order valence-corrected chi connectivity index (χ2v) is 3.93. The molecule has 1 aromatic heterocycles. The minimum absolute atomic E-state index is 0.228. The molecule has 1 N–H and O–H groups in total. The van der Waals surface area contributed by atoms with Gasteiger partial charge in [-0.2, -0.15) is 0 Å². The van der Waals surface area contributed by atoms with Crippen LogP contribution in [0.15, 0.2) is 12.3 Å². The van der Waals surface area contributed by atoms with Crippen molar-refractivity contribution >= 4 is 0 Å². The summed E-state index contributed by atoms with van der Waals surface area (Å²) in [4.78, 5) is 3.92. The number of aliphatic hydroxyl groups is 1. The van der Waals surface area contributed by atoms with Crippen molar-refractivity contribution in [2.24, 2.45) is 0 Å². The molecule has 1 aromatic rings. The molecule has 0 aliphatic heterocycles. The van der Waals surface area contributed by atoms with Crippen molar-refractivity contribution in [2.75, 3.05) is 7.11 Å². The van der Waals surface area contributed by atoms with Gasteiger partial charge in [0.1, 0.15) is 0 Å². The molecule has 96 valence electrons. The molecule has 1 rings (SSSR count). The highest BCUT2D eigenvalue weighted by Gasteiger charge is 2.35. The number of hydrogen-bond donors (Lipinski definition) is 1. The van der Waals surface area contributed by atoms with Crippen molar-refractivity contribution in [2.45, 2.75) is 38.7 Å². The Labute approximate surface area is 99.4 Å². The van der Waals surface area contributed by atoms with E-state index in [0.29, 0.717) is 11.1 Å². The minimum atomic E-state index is -2.77. The first-order valence-corrected chi connectivity index (χ1v) is 5.47. The maximum absolute atomic E-state index is 13.5. The lowest BCUT2D eigenvalue weighted by Gasteiger charge is -2.23. The fourth-order valence-corrected chi connectivity index (χ4v) is 1.60. The van der Waals surface area contributed by atoms with Crippen molar-refractivity contribution in [1.29, 1.82) is 0 Å². The highest BCUT2D eigenvalue weighted by molar-refractivity contribution is 5.31. The summed E-state index contributed by atoms with van der Waals surface area (Å²) in [6.07, 6.45) is 1.14. The van der Waals surface area contributed by atoms with Gasteiger partial charge < -0.3 is 9.84 Å². The van der Waals surface area contributed by atoms with Gasteiger partial charge in [0.2, 0.25) is 5.88 Å². The molecule has 0 spiro atoms. The number of methoxy groups -OCH3 is 1. The van der Waals surface area contributed by atoms with Gasteiger partial charge >= 0.3 is 0 Å². The van der Waals surface area contributed by atoms with E-state index in [1.165, 1.54) is 33.2 Å². The van der Waals surface area contributed by atoms with Gasteiger partial charge in [-0.25, -0.2) is 13.8 Å². The van der Waals surface area contributed by atoms with Crippen molar-refractivity contribution in [3.8, 4) is 5.88 Å². The van der Waals surface area contributed by atoms with Crippen LogP contribution in [-0.4, -0.2) is 23.1 Å². The molecular weight excluding hydrogens is 228 g/mol. The molecule has 0 aliphatic carbocycles. The molecule has 0 bridgehead atoms. The first kappa shape index (κ1) is 13.8. The zero-order valence-electron chi connectivity index (χ0n) is 10.2. The van der Waals surface area contributed by atoms with Crippen LogP contribution in [0.4, 0.5) is 8.78 Å². The molecule has 0 aromatic carbocycles. The Morgan fingerprint density at radius 2 is 2.18 bits per heavy atom. The summed E-state index contributed by atoms with van der Waals surface area (Å²) in [6, 6.07) is 1.51. The average Bonchev–Trinajstić information content (AvgIpc) is 2.36. The van der Waals surface area contributed by atoms with E-state index >= 15 is 0 Å². The molecule has 0 fully saturated rings. The van der Waals surface area contributed by atoms with Crippen LogP contribution < -0.4 is 4.74 Å². The van der Waals surface area contributed by atoms with E-state index in [1.54, 1.807) is 0 Å². The summed E-state index contributed by atoms with van der Waals surface area (Å²) in [7, 11) is 1.42. The van der Waals surface area contributed by atoms with Crippen LogP contribution in [-0.2, 0) is 6.61 Å². The summed E-state index contributed by atoms with van der Waals surface area (Å²) < 4.78 is 32.0. The Kier molecular flexibility index (Phi) is 4.40. The maximum Gasteiger partial charge on any atom is 0.254 e. The fourth-order valence-electron chi connectivity index (χ4n) is 1.60. The third kappa shape index (κ3) is 2.91. The van der Waals surface area contributed by atoms with Crippen molar-refractivity contribution in [1.82, 2.24) is 4.98 Å². The van der Waals surface area contributed by atoms with E-state index < -0.39 is 11.8 Å². The van der Waals surface area contributed by atoms with Gasteiger partial charge in [0.25, 0.3) is 5.92 Å². The van der Waals surface area contributed by atoms with E-state index in [9.17, 15) is 8.78 Å². The number of ether oxygens (including phenoxy) is 1. The predicted octanol–water partition coefficient (Wildman–Crippen LogP) is 2.73. The van der Waals surface area contributed by atoms with Crippen LogP contribution in [0.1, 0.15) is 37.3 Å². The number of hydrogen-bond acceptors (Lipinski definition) is 3. The second-order valence-electron chi connectivity index (χ2n) is 3.93. The third-order valence-corrected chi connectivity index (χ3v) is 2.92. The molecule has 0 amide bonds. The zero-order chi connectivity index (χ0) is 13.1. The molecule has 5 heteroatoms. The molecule has 0 saturated heterocycles. The Bertz CT molecular complexity index is 383. The maximum atomic E-state index is 13.5. The molecule has 0 saturated carbocycles. The van der Waals surface area contributed by atoms with Gasteiger partial charge in [-0.1, -0.05) is 13.8 Å². The molecule has 17 heavy (non-hydrogen) atoms. The quantitative estimate of drug-likeness (QED) is 0.867. The molecule has 1 atom stereocenters. The topological polar surface area (TPSA) is 42.4 Å². The van der Waals surface area contributed by atoms with Crippen LogP contribution in [0.3, 0.4) is 0 Å². The van der Waals surface area contributed by atoms with Gasteiger partial charge in [-0.3, -0.25) is 0 Å². The third-order valence-electron chi connectivity index (χ3n) is 2.92. The predicted molar refractivity (Wildman–Crippen MR) is 60.4 cm³/mol. The van der Waals surface area contributed by atoms with Gasteiger partial charge in [0.05, 0.1) is 13.7 Å². The Balaban J connectivity index is 3.07. The lowest BCUT2D eigenvalue weighted by molar-refractivity contribution is -0.0260. The monoisotopic (exact) mass is 245 g/mol. The summed E-state index contributed by atoms with van der Waals surface area (Å²) in [5.74, 6) is -3.44. The molecule has 0 aliphatic rings. The standard InChI is InChI=1S/C12H17F2NO2/c1-4-12(13,14)8(2)9-5-10(7-16)11(17-3)15-6-9/h5-6,8,16H,4,7H2,1-3H3. The minimum Gasteiger partial charge on any atom is -0.481 e. The highest BCUT2D eigenvalue weighted by atomic mass is 19.3. The average molecular weight is 245 g/mol. The van der Waals surface area contributed by atoms with Gasteiger partial charge in [-0.15, -0.1) is 0 Å². The molecule has 1 unspecified atom stereocenters. The molecular formula is C12H17F2NO2. The Hall–Kier alpha value is -1.23. The summed E-state index contributed by atoms with van der Waals surface area (Å²) >= 11 is 0. The number of pyridine rings is 1. The highest BCUT2D eigenvalue weighted by Crippen LogP contribution is 2.36. The van der Waals surface area contributed by atoms with Crippen LogP contribution in [0, 0.1) is 0 Å². The molecule has 3 nitrogen and oxygen atoms in total. The van der Waals surface area contributed by atoms with E-state index in [1.807, 2.05) is 0 Å². The number of halogens is 2. The van der Waals surface area contributed by atoms with Crippen LogP contribution in [0.25, 0.3) is 0 Å². The van der Waals surface area contributed by atoms with Crippen LogP contribution in [0.2, 0.25) is 0 Å². The van der Waals surface area contributed by atoms with Crippen molar-refractivity contribution in [3.05, 3.63) is 23.4 Å². The van der Waals surface area contributed by atoms with Crippen molar-refractivity contribution < 1.29 is 18.6 Å². The number of rotatable bonds is 5. The van der Waals surface area contributed by atoms with E-state index in [4.69, 9.17) is 9.84 Å². The van der Waals surface area contributed by atoms with E-state index in [-0.39, 0.29) is 18.9 Å². The van der Waals surface area contributed by atoms with Crippen molar-refractivity contribution in [3.63, 3.8) is 0 Å². The lowest BCUT2D eigenvalue weighted by Crippen LogP contribution is -2.23. The number of nitrogens with zero attached hydrogens (tertiary/aromatic N) is 1. The second kappa shape index (κ2) is 5.40. The number of alkyl halides is 2. The van der Waals surface area contributed by atoms with Crippen LogP contribution in [0.5, 0.6) is 5.88 Å². The van der Waals surface area contributed by atoms with Gasteiger partial charge in [-0.05, 0) is 11.6 Å². The zero-order valence-corrected chi connectivity index (χ0v) is 10.2. The van der Waals surface area contributed by atoms with Gasteiger partial charge in [0, 0.05) is 24.1 Å². The number of aromatic nitrogens is 1. The Morgan fingerprint density at radius 3 is 2.65 bits per heavy atom. The fraction of sp³-hybridized carbons (Fsp3) is 0.583. The lowest BCUT2D eigenvalue weighted by atomic mass is 9.93. The van der Waals surface area contributed by atoms with Crippen LogP contribution >= 0.6 is 0 Å². The summed E-state index contributed by atoms with van der Waals surface area (Å²) in [5.41, 5.74) is 0.824. The van der Waals surface area contributed by atoms with E-state index in [2.05, 4.69) is 4.98 Å². The van der Waals surface area contributed by atoms with E-state index in [0.717, 1.165) is 0 Å². The summed E-state index contributed by atoms with van der Waals surface area (Å²) in [6.45, 7) is 2.61. The largest absolute Gasteiger partial charge is 0.481 e. The number of aliphatic hydroxyl groups excluding tert-OH is 1. The first-order chi connectivity index (χ1) is 7.96. The molecule has 1 heterocycles. The Morgan fingerprint density at radius 1 is 1.53 bits per heavy atom. The molecule has 0 radical (unpaired) electrons. The normalized spacial score (nSPS) is 13.5. The van der Waals surface area contributed by atoms with Gasteiger partial charge in [0.15, 0.2) is 0 Å². The smallest absolute Gasteiger partial charge is 0.254 e. The SMILES string of the molecule is CCC(F)(F)C(C)c1cnc(OC)c(CO)c1. The first-order valence-electron chi connectivity index (χ1n) is 5.47. The summed E-state index contributed by atoms with van der Waals surface area (Å²) in [5, 5.41) is 9.11.